The number of ether oxygens (including phenoxy) is 2. The zero-order valence-corrected chi connectivity index (χ0v) is 14.3. The van der Waals surface area contributed by atoms with E-state index in [4.69, 9.17) is 9.47 Å². The molecule has 0 aliphatic heterocycles. The summed E-state index contributed by atoms with van der Waals surface area (Å²) >= 11 is 0. The first kappa shape index (κ1) is 17.6. The van der Waals surface area contributed by atoms with Gasteiger partial charge in [-0.1, -0.05) is 13.0 Å². The molecule has 0 saturated carbocycles. The van der Waals surface area contributed by atoms with Crippen LogP contribution < -0.4 is 20.1 Å². The van der Waals surface area contributed by atoms with Crippen LogP contribution in [0.1, 0.15) is 29.3 Å². The number of anilines is 1. The van der Waals surface area contributed by atoms with Gasteiger partial charge in [0.05, 0.1) is 14.2 Å². The van der Waals surface area contributed by atoms with E-state index in [1.54, 1.807) is 32.5 Å². The number of nitrogens with zero attached hydrogens (tertiary/aromatic N) is 1. The summed E-state index contributed by atoms with van der Waals surface area (Å²) < 4.78 is 10.5. The first-order valence-corrected chi connectivity index (χ1v) is 7.87. The maximum absolute atomic E-state index is 12.0. The highest BCUT2D eigenvalue weighted by molar-refractivity contribution is 5.94. The molecule has 0 saturated heterocycles. The quantitative estimate of drug-likeness (QED) is 0.779. The number of pyridine rings is 1. The minimum Gasteiger partial charge on any atom is -0.493 e. The minimum absolute atomic E-state index is 0.0894. The van der Waals surface area contributed by atoms with E-state index in [0.717, 1.165) is 12.0 Å². The Morgan fingerprint density at radius 3 is 2.62 bits per heavy atom. The van der Waals surface area contributed by atoms with E-state index < -0.39 is 0 Å². The highest BCUT2D eigenvalue weighted by atomic mass is 16.5. The van der Waals surface area contributed by atoms with E-state index in [1.807, 2.05) is 25.1 Å². The molecule has 2 rings (SSSR count). The molecule has 6 nitrogen and oxygen atoms in total. The molecule has 1 amide bonds. The Kier molecular flexibility index (Phi) is 6.42. The molecule has 1 aromatic carbocycles. The van der Waals surface area contributed by atoms with E-state index in [0.29, 0.717) is 36.0 Å². The predicted octanol–water partition coefficient (Wildman–Crippen LogP) is 2.85. The number of amides is 1. The molecule has 0 atom stereocenters. The van der Waals surface area contributed by atoms with Gasteiger partial charge in [-0.2, -0.15) is 0 Å². The zero-order valence-electron chi connectivity index (χ0n) is 14.3. The zero-order chi connectivity index (χ0) is 17.4. The molecule has 0 aliphatic carbocycles. The van der Waals surface area contributed by atoms with Crippen LogP contribution in [0, 0.1) is 0 Å². The van der Waals surface area contributed by atoms with Crippen molar-refractivity contribution < 1.29 is 14.3 Å². The second-order valence-corrected chi connectivity index (χ2v) is 5.23. The second-order valence-electron chi connectivity index (χ2n) is 5.23. The van der Waals surface area contributed by atoms with E-state index in [2.05, 4.69) is 15.6 Å². The maximum atomic E-state index is 12.0. The van der Waals surface area contributed by atoms with Gasteiger partial charge in [0.15, 0.2) is 11.5 Å². The number of nitrogens with one attached hydrogen (secondary N) is 2. The van der Waals surface area contributed by atoms with Crippen LogP contribution in [0.5, 0.6) is 11.5 Å². The molecule has 0 aliphatic rings. The average molecular weight is 329 g/mol. The third kappa shape index (κ3) is 4.62. The van der Waals surface area contributed by atoms with Gasteiger partial charge in [0.25, 0.3) is 5.91 Å². The van der Waals surface area contributed by atoms with Gasteiger partial charge in [-0.15, -0.1) is 0 Å². The number of hydrogen-bond acceptors (Lipinski definition) is 5. The molecular weight excluding hydrogens is 306 g/mol. The molecule has 2 N–H and O–H groups in total. The van der Waals surface area contributed by atoms with Gasteiger partial charge in [-0.25, -0.2) is 4.98 Å². The summed E-state index contributed by atoms with van der Waals surface area (Å²) in [4.78, 5) is 16.2. The first-order chi connectivity index (χ1) is 11.7. The fraction of sp³-hybridized carbons (Fsp3) is 0.333. The summed E-state index contributed by atoms with van der Waals surface area (Å²) in [7, 11) is 3.21. The Morgan fingerprint density at radius 1 is 1.12 bits per heavy atom. The van der Waals surface area contributed by atoms with Crippen LogP contribution in [0.4, 0.5) is 5.82 Å². The van der Waals surface area contributed by atoms with Crippen LogP contribution in [0.15, 0.2) is 36.5 Å². The van der Waals surface area contributed by atoms with E-state index in [9.17, 15) is 4.79 Å². The number of methoxy groups -OCH3 is 2. The fourth-order valence-electron chi connectivity index (χ4n) is 2.19. The lowest BCUT2D eigenvalue weighted by atomic mass is 10.2. The Bertz CT molecular complexity index is 689. The van der Waals surface area contributed by atoms with Crippen LogP contribution in [0.2, 0.25) is 0 Å². The van der Waals surface area contributed by atoms with Crippen LogP contribution in [0.25, 0.3) is 0 Å². The second kappa shape index (κ2) is 8.76. The third-order valence-corrected chi connectivity index (χ3v) is 3.48. The Labute approximate surface area is 142 Å². The number of hydrogen-bond donors (Lipinski definition) is 2. The standard InChI is InChI=1S/C18H23N3O3/c1-4-8-20-18(22)14-7-9-19-17(11-14)21-12-13-5-6-15(23-2)16(10-13)24-3/h5-7,9-11H,4,8,12H2,1-3H3,(H,19,21)(H,20,22). The van der Waals surface area contributed by atoms with Crippen molar-refractivity contribution in [2.75, 3.05) is 26.1 Å². The number of carbonyl (C=O) groups excluding carboxylic acids is 1. The van der Waals surface area contributed by atoms with Crippen molar-refractivity contribution in [2.45, 2.75) is 19.9 Å². The summed E-state index contributed by atoms with van der Waals surface area (Å²) in [5.74, 6) is 1.92. The number of aromatic nitrogens is 1. The molecule has 6 heteroatoms. The van der Waals surface area contributed by atoms with Gasteiger partial charge in [0.2, 0.25) is 0 Å². The molecule has 1 aromatic heterocycles. The molecule has 0 fully saturated rings. The van der Waals surface area contributed by atoms with Crippen LogP contribution in [0.3, 0.4) is 0 Å². The van der Waals surface area contributed by atoms with Crippen molar-refractivity contribution in [2.24, 2.45) is 0 Å². The molecule has 24 heavy (non-hydrogen) atoms. The summed E-state index contributed by atoms with van der Waals surface area (Å²) in [6.07, 6.45) is 2.53. The SMILES string of the molecule is CCCNC(=O)c1ccnc(NCc2ccc(OC)c(OC)c2)c1. The van der Waals surface area contributed by atoms with Gasteiger partial charge >= 0.3 is 0 Å². The summed E-state index contributed by atoms with van der Waals surface area (Å²) in [5.41, 5.74) is 1.61. The number of benzene rings is 1. The largest absolute Gasteiger partial charge is 0.493 e. The Balaban J connectivity index is 2.03. The van der Waals surface area contributed by atoms with Crippen molar-refractivity contribution in [1.82, 2.24) is 10.3 Å². The molecule has 0 unspecified atom stereocenters. The maximum Gasteiger partial charge on any atom is 0.251 e. The number of carbonyl (C=O) groups is 1. The highest BCUT2D eigenvalue weighted by Crippen LogP contribution is 2.27. The first-order valence-electron chi connectivity index (χ1n) is 7.87. The highest BCUT2D eigenvalue weighted by Gasteiger charge is 2.07. The molecule has 0 radical (unpaired) electrons. The molecule has 128 valence electrons. The molecule has 1 heterocycles. The van der Waals surface area contributed by atoms with Crippen molar-refractivity contribution in [3.8, 4) is 11.5 Å². The smallest absolute Gasteiger partial charge is 0.251 e. The lowest BCUT2D eigenvalue weighted by Crippen LogP contribution is -2.24. The summed E-state index contributed by atoms with van der Waals surface area (Å²) in [6.45, 7) is 3.24. The van der Waals surface area contributed by atoms with Crippen molar-refractivity contribution in [1.29, 1.82) is 0 Å². The third-order valence-electron chi connectivity index (χ3n) is 3.48. The molecule has 0 spiro atoms. The molecule has 2 aromatic rings. The molecule has 0 bridgehead atoms. The van der Waals surface area contributed by atoms with Crippen LogP contribution in [-0.2, 0) is 6.54 Å². The number of rotatable bonds is 8. The van der Waals surface area contributed by atoms with Crippen molar-refractivity contribution in [3.05, 3.63) is 47.7 Å². The predicted molar refractivity (Wildman–Crippen MR) is 93.7 cm³/mol. The average Bonchev–Trinajstić information content (AvgIpc) is 2.64. The monoisotopic (exact) mass is 329 g/mol. The lowest BCUT2D eigenvalue weighted by molar-refractivity contribution is 0.0953. The van der Waals surface area contributed by atoms with Gasteiger partial charge < -0.3 is 20.1 Å². The fourth-order valence-corrected chi connectivity index (χ4v) is 2.19. The van der Waals surface area contributed by atoms with E-state index in [1.165, 1.54) is 0 Å². The van der Waals surface area contributed by atoms with Gasteiger partial charge in [0.1, 0.15) is 5.82 Å². The van der Waals surface area contributed by atoms with E-state index in [-0.39, 0.29) is 5.91 Å². The van der Waals surface area contributed by atoms with E-state index >= 15 is 0 Å². The van der Waals surface area contributed by atoms with Gasteiger partial charge in [-0.3, -0.25) is 4.79 Å². The minimum atomic E-state index is -0.0894. The van der Waals surface area contributed by atoms with Crippen LogP contribution in [-0.4, -0.2) is 31.7 Å². The topological polar surface area (TPSA) is 72.5 Å². The van der Waals surface area contributed by atoms with Crippen LogP contribution >= 0.6 is 0 Å². The Hall–Kier alpha value is -2.76. The summed E-state index contributed by atoms with van der Waals surface area (Å²) in [5, 5.41) is 6.07. The van der Waals surface area contributed by atoms with Gasteiger partial charge in [0, 0.05) is 24.8 Å². The van der Waals surface area contributed by atoms with Gasteiger partial charge in [-0.05, 0) is 36.2 Å². The normalized spacial score (nSPS) is 10.1. The molecular formula is C18H23N3O3. The Morgan fingerprint density at radius 2 is 1.92 bits per heavy atom. The summed E-state index contributed by atoms with van der Waals surface area (Å²) in [6, 6.07) is 9.16. The van der Waals surface area contributed by atoms with Crippen molar-refractivity contribution in [3.63, 3.8) is 0 Å². The van der Waals surface area contributed by atoms with Crippen molar-refractivity contribution >= 4 is 11.7 Å². The lowest BCUT2D eigenvalue weighted by Gasteiger charge is -2.11.